The summed E-state index contributed by atoms with van der Waals surface area (Å²) in [6.45, 7) is 1.88. The number of carbonyl (C=O) groups excluding carboxylic acids is 1. The van der Waals surface area contributed by atoms with E-state index >= 15 is 0 Å². The van der Waals surface area contributed by atoms with Crippen molar-refractivity contribution in [1.29, 1.82) is 0 Å². The Morgan fingerprint density at radius 3 is 2.77 bits per heavy atom. The lowest BCUT2D eigenvalue weighted by atomic mass is 10.1. The zero-order chi connectivity index (χ0) is 21.3. The number of aromatic nitrogens is 1. The first-order valence-electron chi connectivity index (χ1n) is 8.90. The van der Waals surface area contributed by atoms with Crippen molar-refractivity contribution in [3.63, 3.8) is 0 Å². The van der Waals surface area contributed by atoms with Gasteiger partial charge in [-0.3, -0.25) is 4.79 Å². The van der Waals surface area contributed by atoms with Gasteiger partial charge in [0, 0.05) is 22.7 Å². The monoisotopic (exact) mass is 423 g/mol. The molecular formula is C22H15ClFN3O3. The number of aryl methyl sites for hydroxylation is 1. The van der Waals surface area contributed by atoms with Crippen molar-refractivity contribution in [3.8, 4) is 5.75 Å². The fraction of sp³-hybridized carbons (Fsp3) is 0.0455. The third kappa shape index (κ3) is 4.16. The summed E-state index contributed by atoms with van der Waals surface area (Å²) >= 11 is 5.94. The fourth-order valence-electron chi connectivity index (χ4n) is 2.76. The average Bonchev–Trinajstić information content (AvgIpc) is 2.72. The van der Waals surface area contributed by atoms with Crippen LogP contribution in [-0.2, 0) is 0 Å². The van der Waals surface area contributed by atoms with E-state index in [2.05, 4.69) is 15.3 Å². The standard InChI is InChI=1S/C22H15ClFN3O3/c1-12-2-7-20(25-11-12)27-21(29)16-8-13-3-5-15(28)10-19(13)30-22(16)26-18-9-14(23)4-6-17(18)24/h2-11,28H,1H3,(H,25,27,29). The van der Waals surface area contributed by atoms with Gasteiger partial charge in [0.1, 0.15) is 34.2 Å². The fourth-order valence-corrected chi connectivity index (χ4v) is 2.93. The maximum atomic E-state index is 14.2. The van der Waals surface area contributed by atoms with Gasteiger partial charge < -0.3 is 14.8 Å². The first kappa shape index (κ1) is 19.6. The highest BCUT2D eigenvalue weighted by Gasteiger charge is 2.15. The molecule has 0 spiro atoms. The Morgan fingerprint density at radius 2 is 2.00 bits per heavy atom. The molecule has 0 aliphatic carbocycles. The smallest absolute Gasteiger partial charge is 0.262 e. The van der Waals surface area contributed by atoms with E-state index < -0.39 is 11.7 Å². The van der Waals surface area contributed by atoms with Crippen molar-refractivity contribution in [2.45, 2.75) is 6.92 Å². The molecular weight excluding hydrogens is 409 g/mol. The molecule has 0 saturated carbocycles. The first-order valence-corrected chi connectivity index (χ1v) is 9.27. The zero-order valence-corrected chi connectivity index (χ0v) is 16.4. The quantitative estimate of drug-likeness (QED) is 0.478. The number of nitrogens with one attached hydrogen (secondary N) is 1. The maximum absolute atomic E-state index is 14.2. The summed E-state index contributed by atoms with van der Waals surface area (Å²) in [5, 5.41) is 13.2. The molecule has 0 aliphatic rings. The predicted molar refractivity (Wildman–Crippen MR) is 111 cm³/mol. The van der Waals surface area contributed by atoms with Crippen LogP contribution in [0.5, 0.6) is 5.75 Å². The summed E-state index contributed by atoms with van der Waals surface area (Å²) in [5.74, 6) is -0.841. The first-order chi connectivity index (χ1) is 14.4. The number of phenolic OH excluding ortho intramolecular Hbond substituents is 1. The van der Waals surface area contributed by atoms with E-state index in [0.717, 1.165) is 5.56 Å². The molecule has 30 heavy (non-hydrogen) atoms. The molecule has 6 nitrogen and oxygen atoms in total. The van der Waals surface area contributed by atoms with Crippen LogP contribution in [0.15, 0.2) is 70.2 Å². The maximum Gasteiger partial charge on any atom is 0.262 e. The van der Waals surface area contributed by atoms with Crippen LogP contribution in [0.25, 0.3) is 11.0 Å². The van der Waals surface area contributed by atoms with E-state index in [4.69, 9.17) is 16.0 Å². The third-order valence-electron chi connectivity index (χ3n) is 4.26. The molecule has 2 aromatic heterocycles. The molecule has 0 aliphatic heterocycles. The van der Waals surface area contributed by atoms with Crippen LogP contribution in [-0.4, -0.2) is 16.0 Å². The van der Waals surface area contributed by atoms with Gasteiger partial charge in [-0.2, -0.15) is 0 Å². The van der Waals surface area contributed by atoms with Gasteiger partial charge in [0.2, 0.25) is 5.55 Å². The number of aromatic hydroxyl groups is 1. The molecule has 0 bridgehead atoms. The van der Waals surface area contributed by atoms with Gasteiger partial charge in [0.15, 0.2) is 0 Å². The largest absolute Gasteiger partial charge is 0.508 e. The van der Waals surface area contributed by atoms with Crippen LogP contribution in [0.4, 0.5) is 15.9 Å². The van der Waals surface area contributed by atoms with Gasteiger partial charge in [-0.1, -0.05) is 17.7 Å². The molecule has 150 valence electrons. The van der Waals surface area contributed by atoms with Crippen molar-refractivity contribution in [1.82, 2.24) is 4.98 Å². The van der Waals surface area contributed by atoms with Crippen LogP contribution >= 0.6 is 11.6 Å². The molecule has 4 rings (SSSR count). The SMILES string of the molecule is Cc1ccc(NC(=O)c2cc3ccc(O)cc3oc2=Nc2cc(Cl)ccc2F)nc1. The summed E-state index contributed by atoms with van der Waals surface area (Å²) in [5.41, 5.74) is 1.06. The van der Waals surface area contributed by atoms with Gasteiger partial charge in [-0.15, -0.1) is 0 Å². The van der Waals surface area contributed by atoms with Crippen LogP contribution < -0.4 is 10.9 Å². The molecule has 2 aromatic carbocycles. The van der Waals surface area contributed by atoms with E-state index in [1.165, 1.54) is 30.3 Å². The Balaban J connectivity index is 1.88. The Morgan fingerprint density at radius 1 is 1.17 bits per heavy atom. The second kappa shape index (κ2) is 7.96. The minimum atomic E-state index is -0.628. The molecule has 8 heteroatoms. The number of fused-ring (bicyclic) bond motifs is 1. The normalized spacial score (nSPS) is 11.6. The van der Waals surface area contributed by atoms with Gasteiger partial charge in [0.05, 0.1) is 0 Å². The number of anilines is 1. The van der Waals surface area contributed by atoms with Crippen molar-refractivity contribution < 1.29 is 18.7 Å². The predicted octanol–water partition coefficient (Wildman–Crippen LogP) is 5.12. The summed E-state index contributed by atoms with van der Waals surface area (Å²) in [4.78, 5) is 21.3. The minimum absolute atomic E-state index is 0.0211. The van der Waals surface area contributed by atoms with Gasteiger partial charge in [-0.05, 0) is 55.0 Å². The molecule has 2 heterocycles. The Kier molecular flexibility index (Phi) is 5.20. The number of hydrogen-bond donors (Lipinski definition) is 2. The van der Waals surface area contributed by atoms with E-state index in [0.29, 0.717) is 11.2 Å². The summed E-state index contributed by atoms with van der Waals surface area (Å²) in [6, 6.07) is 13.3. The zero-order valence-electron chi connectivity index (χ0n) is 15.7. The number of hydrogen-bond acceptors (Lipinski definition) is 5. The van der Waals surface area contributed by atoms with Crippen molar-refractivity contribution >= 4 is 40.0 Å². The lowest BCUT2D eigenvalue weighted by molar-refractivity contribution is 0.102. The number of amides is 1. The van der Waals surface area contributed by atoms with Crippen LogP contribution in [0, 0.1) is 12.7 Å². The Bertz CT molecular complexity index is 1330. The lowest BCUT2D eigenvalue weighted by Crippen LogP contribution is -2.22. The molecule has 0 fully saturated rings. The number of phenols is 1. The molecule has 2 N–H and O–H groups in total. The number of nitrogens with zero attached hydrogens (tertiary/aromatic N) is 2. The van der Waals surface area contributed by atoms with Crippen molar-refractivity contribution in [2.75, 3.05) is 5.32 Å². The number of rotatable bonds is 3. The van der Waals surface area contributed by atoms with Crippen LogP contribution in [0.2, 0.25) is 5.02 Å². The van der Waals surface area contributed by atoms with E-state index in [1.807, 2.05) is 13.0 Å². The number of benzene rings is 2. The highest BCUT2D eigenvalue weighted by Crippen LogP contribution is 2.23. The lowest BCUT2D eigenvalue weighted by Gasteiger charge is -2.07. The topological polar surface area (TPSA) is 87.7 Å². The van der Waals surface area contributed by atoms with Gasteiger partial charge >= 0.3 is 0 Å². The highest BCUT2D eigenvalue weighted by atomic mass is 35.5. The highest BCUT2D eigenvalue weighted by molar-refractivity contribution is 6.30. The molecule has 1 amide bonds. The van der Waals surface area contributed by atoms with E-state index in [1.54, 1.807) is 24.4 Å². The second-order valence-corrected chi connectivity index (χ2v) is 7.01. The molecule has 0 radical (unpaired) electrons. The third-order valence-corrected chi connectivity index (χ3v) is 4.50. The minimum Gasteiger partial charge on any atom is -0.508 e. The summed E-state index contributed by atoms with van der Waals surface area (Å²) < 4.78 is 19.9. The van der Waals surface area contributed by atoms with Gasteiger partial charge in [-0.25, -0.2) is 14.4 Å². The average molecular weight is 424 g/mol. The molecule has 4 aromatic rings. The van der Waals surface area contributed by atoms with E-state index in [-0.39, 0.29) is 33.2 Å². The van der Waals surface area contributed by atoms with Crippen LogP contribution in [0.1, 0.15) is 15.9 Å². The number of carbonyl (C=O) groups is 1. The Hall–Kier alpha value is -3.71. The molecule has 0 saturated heterocycles. The molecule has 0 unspecified atom stereocenters. The Labute approximate surface area is 175 Å². The summed E-state index contributed by atoms with van der Waals surface area (Å²) in [7, 11) is 0. The van der Waals surface area contributed by atoms with Gasteiger partial charge in [0.25, 0.3) is 5.91 Å². The number of pyridine rings is 1. The second-order valence-electron chi connectivity index (χ2n) is 6.57. The van der Waals surface area contributed by atoms with Crippen LogP contribution in [0.3, 0.4) is 0 Å². The van der Waals surface area contributed by atoms with Crippen molar-refractivity contribution in [3.05, 3.63) is 88.3 Å². The summed E-state index contributed by atoms with van der Waals surface area (Å²) in [6.07, 6.45) is 1.62. The number of halogens is 2. The van der Waals surface area contributed by atoms with Crippen molar-refractivity contribution in [2.24, 2.45) is 4.99 Å². The molecule has 0 atom stereocenters. The van der Waals surface area contributed by atoms with E-state index in [9.17, 15) is 14.3 Å².